The van der Waals surface area contributed by atoms with E-state index < -0.39 is 27.8 Å². The lowest BCUT2D eigenvalue weighted by Crippen LogP contribution is -2.40. The Bertz CT molecular complexity index is 1630. The minimum absolute atomic E-state index is 0.0140. The number of carbonyl (C=O) groups excluding carboxylic acids is 1. The fourth-order valence-corrected chi connectivity index (χ4v) is 6.83. The largest absolute Gasteiger partial charge is 0.489 e. The van der Waals surface area contributed by atoms with Crippen molar-refractivity contribution < 1.29 is 22.4 Å². The number of benzene rings is 3. The van der Waals surface area contributed by atoms with Gasteiger partial charge < -0.3 is 14.1 Å². The van der Waals surface area contributed by atoms with Gasteiger partial charge in [0.2, 0.25) is 5.76 Å². The zero-order valence-corrected chi connectivity index (χ0v) is 20.1. The highest BCUT2D eigenvalue weighted by Gasteiger charge is 2.48. The first-order chi connectivity index (χ1) is 17.4. The standard InChI is InChI=1S/C28H23NO6S/c30-26-22-8-4-5-9-23(22)35-27-24(26)25(29(28(27)31)20-14-15-36(32,33)17-20)19-10-12-21(13-11-19)34-16-18-6-2-1-3-7-18/h1-13,20,25H,14-17H2/t20-,25+/m0/s1. The van der Waals surface area contributed by atoms with Gasteiger partial charge in [0.15, 0.2) is 15.3 Å². The van der Waals surface area contributed by atoms with E-state index in [0.29, 0.717) is 35.3 Å². The molecule has 2 aliphatic rings. The van der Waals surface area contributed by atoms with Crippen LogP contribution >= 0.6 is 0 Å². The van der Waals surface area contributed by atoms with E-state index in [9.17, 15) is 18.0 Å². The van der Waals surface area contributed by atoms with Crippen molar-refractivity contribution >= 4 is 26.7 Å². The summed E-state index contributed by atoms with van der Waals surface area (Å²) in [5.74, 6) is 0.0597. The van der Waals surface area contributed by atoms with Crippen molar-refractivity contribution in [2.24, 2.45) is 0 Å². The minimum Gasteiger partial charge on any atom is -0.489 e. The average molecular weight is 502 g/mol. The van der Waals surface area contributed by atoms with Crippen LogP contribution in [0.15, 0.2) is 88.1 Å². The molecule has 2 atom stereocenters. The summed E-state index contributed by atoms with van der Waals surface area (Å²) in [7, 11) is -3.26. The van der Waals surface area contributed by atoms with E-state index in [4.69, 9.17) is 9.15 Å². The monoisotopic (exact) mass is 501 g/mol. The third-order valence-electron chi connectivity index (χ3n) is 6.86. The molecule has 1 saturated heterocycles. The summed E-state index contributed by atoms with van der Waals surface area (Å²) in [5.41, 5.74) is 2.04. The van der Waals surface area contributed by atoms with E-state index in [0.717, 1.165) is 5.56 Å². The second-order valence-corrected chi connectivity index (χ2v) is 11.4. The molecule has 4 aromatic rings. The maximum absolute atomic E-state index is 13.6. The van der Waals surface area contributed by atoms with Crippen molar-refractivity contribution in [3.8, 4) is 5.75 Å². The Labute approximate surface area is 207 Å². The molecule has 0 radical (unpaired) electrons. The summed E-state index contributed by atoms with van der Waals surface area (Å²) in [4.78, 5) is 28.7. The van der Waals surface area contributed by atoms with Gasteiger partial charge in [-0.3, -0.25) is 9.59 Å². The summed E-state index contributed by atoms with van der Waals surface area (Å²) < 4.78 is 36.4. The first-order valence-corrected chi connectivity index (χ1v) is 13.6. The van der Waals surface area contributed by atoms with Crippen molar-refractivity contribution in [1.29, 1.82) is 0 Å². The Kier molecular flexibility index (Phi) is 5.41. The number of amides is 1. The highest BCUT2D eigenvalue weighted by atomic mass is 32.2. The highest BCUT2D eigenvalue weighted by molar-refractivity contribution is 7.91. The van der Waals surface area contributed by atoms with Gasteiger partial charge in [-0.25, -0.2) is 8.42 Å². The molecule has 182 valence electrons. The number of rotatable bonds is 5. The molecule has 36 heavy (non-hydrogen) atoms. The van der Waals surface area contributed by atoms with Crippen LogP contribution in [0.3, 0.4) is 0 Å². The minimum atomic E-state index is -3.26. The number of sulfone groups is 1. The first kappa shape index (κ1) is 22.5. The maximum Gasteiger partial charge on any atom is 0.291 e. The third-order valence-corrected chi connectivity index (χ3v) is 8.61. The van der Waals surface area contributed by atoms with Crippen LogP contribution in [0, 0.1) is 0 Å². The van der Waals surface area contributed by atoms with Crippen LogP contribution in [0.1, 0.15) is 39.7 Å². The molecule has 1 aromatic heterocycles. The third kappa shape index (κ3) is 3.87. The Hall–Kier alpha value is -3.91. The van der Waals surface area contributed by atoms with Gasteiger partial charge in [0.05, 0.1) is 28.5 Å². The number of ether oxygens (including phenoxy) is 1. The fourth-order valence-electron chi connectivity index (χ4n) is 5.12. The van der Waals surface area contributed by atoms with Gasteiger partial charge in [0.25, 0.3) is 5.91 Å². The molecule has 1 fully saturated rings. The van der Waals surface area contributed by atoms with E-state index in [1.54, 1.807) is 36.4 Å². The lowest BCUT2D eigenvalue weighted by Gasteiger charge is -2.30. The molecule has 0 spiro atoms. The van der Waals surface area contributed by atoms with E-state index in [1.807, 2.05) is 42.5 Å². The molecule has 8 heteroatoms. The van der Waals surface area contributed by atoms with E-state index in [2.05, 4.69) is 0 Å². The molecular formula is C28H23NO6S. The topological polar surface area (TPSA) is 93.9 Å². The lowest BCUT2D eigenvalue weighted by atomic mass is 9.97. The predicted molar refractivity (Wildman–Crippen MR) is 135 cm³/mol. The Morgan fingerprint density at radius 1 is 0.917 bits per heavy atom. The number of hydrogen-bond donors (Lipinski definition) is 0. The second-order valence-electron chi connectivity index (χ2n) is 9.19. The van der Waals surface area contributed by atoms with E-state index in [1.165, 1.54) is 4.90 Å². The maximum atomic E-state index is 13.6. The molecule has 3 aromatic carbocycles. The van der Waals surface area contributed by atoms with Crippen molar-refractivity contribution in [3.63, 3.8) is 0 Å². The van der Waals surface area contributed by atoms with Crippen molar-refractivity contribution in [1.82, 2.24) is 4.90 Å². The van der Waals surface area contributed by atoms with E-state index in [-0.39, 0.29) is 28.3 Å². The van der Waals surface area contributed by atoms with Gasteiger partial charge in [-0.15, -0.1) is 0 Å². The number of hydrogen-bond acceptors (Lipinski definition) is 6. The van der Waals surface area contributed by atoms with Crippen LogP contribution in [0.5, 0.6) is 5.75 Å². The zero-order chi connectivity index (χ0) is 24.9. The Morgan fingerprint density at radius 3 is 2.36 bits per heavy atom. The summed E-state index contributed by atoms with van der Waals surface area (Å²) in [5, 5.41) is 0.387. The molecule has 2 aliphatic heterocycles. The van der Waals surface area contributed by atoms with Crippen LogP contribution < -0.4 is 10.2 Å². The Morgan fingerprint density at radius 2 is 1.64 bits per heavy atom. The number of nitrogens with zero attached hydrogens (tertiary/aromatic N) is 1. The van der Waals surface area contributed by atoms with Crippen LogP contribution in [0.2, 0.25) is 0 Å². The first-order valence-electron chi connectivity index (χ1n) is 11.8. The van der Waals surface area contributed by atoms with Gasteiger partial charge >= 0.3 is 0 Å². The smallest absolute Gasteiger partial charge is 0.291 e. The fraction of sp³-hybridized carbons (Fsp3) is 0.214. The molecule has 0 bridgehead atoms. The second kappa shape index (κ2) is 8.64. The summed E-state index contributed by atoms with van der Waals surface area (Å²) in [6.07, 6.45) is 0.324. The van der Waals surface area contributed by atoms with Crippen molar-refractivity contribution in [2.75, 3.05) is 11.5 Å². The quantitative estimate of drug-likeness (QED) is 0.409. The van der Waals surface area contributed by atoms with Crippen molar-refractivity contribution in [2.45, 2.75) is 25.1 Å². The van der Waals surface area contributed by atoms with Gasteiger partial charge in [-0.05, 0) is 41.8 Å². The van der Waals surface area contributed by atoms with E-state index >= 15 is 0 Å². The normalized spacial score (nSPS) is 20.6. The summed E-state index contributed by atoms with van der Waals surface area (Å²) >= 11 is 0. The van der Waals surface area contributed by atoms with Crippen LogP contribution in [-0.2, 0) is 16.4 Å². The van der Waals surface area contributed by atoms with Crippen LogP contribution in [-0.4, -0.2) is 36.8 Å². The molecule has 0 aliphatic carbocycles. The van der Waals surface area contributed by atoms with Gasteiger partial charge in [-0.2, -0.15) is 0 Å². The van der Waals surface area contributed by atoms with Crippen molar-refractivity contribution in [3.05, 3.63) is 112 Å². The lowest BCUT2D eigenvalue weighted by molar-refractivity contribution is 0.0662. The summed E-state index contributed by atoms with van der Waals surface area (Å²) in [6, 6.07) is 22.6. The number of para-hydroxylation sites is 1. The molecule has 0 N–H and O–H groups in total. The van der Waals surface area contributed by atoms with Gasteiger partial charge in [-0.1, -0.05) is 54.6 Å². The highest BCUT2D eigenvalue weighted by Crippen LogP contribution is 2.41. The SMILES string of the molecule is O=C1c2oc3ccccc3c(=O)c2[C@@H](c2ccc(OCc3ccccc3)cc2)N1[C@H]1CCS(=O)(=O)C1. The molecule has 3 heterocycles. The van der Waals surface area contributed by atoms with Crippen LogP contribution in [0.25, 0.3) is 11.0 Å². The molecule has 0 unspecified atom stereocenters. The molecular weight excluding hydrogens is 478 g/mol. The zero-order valence-electron chi connectivity index (χ0n) is 19.3. The van der Waals surface area contributed by atoms with Gasteiger partial charge in [0, 0.05) is 6.04 Å². The molecule has 0 saturated carbocycles. The summed E-state index contributed by atoms with van der Waals surface area (Å²) in [6.45, 7) is 0.409. The van der Waals surface area contributed by atoms with Crippen LogP contribution in [0.4, 0.5) is 0 Å². The number of carbonyl (C=O) groups is 1. The Balaban J connectivity index is 1.41. The predicted octanol–water partition coefficient (Wildman–Crippen LogP) is 4.10. The molecule has 1 amide bonds. The molecule has 7 nitrogen and oxygen atoms in total. The molecule has 6 rings (SSSR count). The number of fused-ring (bicyclic) bond motifs is 2. The van der Waals surface area contributed by atoms with Gasteiger partial charge in [0.1, 0.15) is 17.9 Å². The average Bonchev–Trinajstić information content (AvgIpc) is 3.40.